The number of carbonyl (C=O) groups is 1. The number of benzene rings is 1. The average Bonchev–Trinajstić information content (AvgIpc) is 3.41. The quantitative estimate of drug-likeness (QED) is 0.300. The van der Waals surface area contributed by atoms with E-state index in [-0.39, 0.29) is 48.3 Å². The highest BCUT2D eigenvalue weighted by atomic mass is 127. The van der Waals surface area contributed by atoms with Crippen LogP contribution in [0.3, 0.4) is 0 Å². The number of rotatable bonds is 7. The molecule has 1 unspecified atom stereocenters. The summed E-state index contributed by atoms with van der Waals surface area (Å²) in [6.45, 7) is 2.75. The molecule has 0 spiro atoms. The zero-order chi connectivity index (χ0) is 19.8. The lowest BCUT2D eigenvalue weighted by Gasteiger charge is -2.26. The minimum atomic E-state index is -0.343. The summed E-state index contributed by atoms with van der Waals surface area (Å²) in [5, 5.41) is 8.97. The van der Waals surface area contributed by atoms with E-state index in [0.29, 0.717) is 18.2 Å². The van der Waals surface area contributed by atoms with Gasteiger partial charge in [-0.3, -0.25) is 14.7 Å². The molecule has 0 aliphatic carbocycles. The topological polar surface area (TPSA) is 81.9 Å². The summed E-state index contributed by atoms with van der Waals surface area (Å²) in [7, 11) is 1.66. The lowest BCUT2D eigenvalue weighted by molar-refractivity contribution is -0.115. The maximum Gasteiger partial charge on any atom is 0.243 e. The van der Waals surface area contributed by atoms with E-state index in [4.69, 9.17) is 4.42 Å². The van der Waals surface area contributed by atoms with Crippen molar-refractivity contribution in [3.05, 3.63) is 54.2 Å². The monoisotopic (exact) mass is 515 g/mol. The number of aliphatic imine (C=N–C) groups is 1. The second-order valence-corrected chi connectivity index (χ2v) is 6.64. The van der Waals surface area contributed by atoms with E-state index >= 15 is 0 Å². The minimum absolute atomic E-state index is 0. The van der Waals surface area contributed by atoms with Crippen molar-refractivity contribution in [2.45, 2.75) is 18.9 Å². The number of guanidine groups is 1. The first kappa shape index (κ1) is 23.1. The molecule has 9 heteroatoms. The molecule has 1 aromatic heterocycles. The fourth-order valence-corrected chi connectivity index (χ4v) is 3.26. The van der Waals surface area contributed by atoms with E-state index in [9.17, 15) is 9.18 Å². The lowest BCUT2D eigenvalue weighted by atomic mass is 10.2. The van der Waals surface area contributed by atoms with Gasteiger partial charge in [0.15, 0.2) is 5.96 Å². The summed E-state index contributed by atoms with van der Waals surface area (Å²) in [5.41, 5.74) is 0.545. The average molecular weight is 515 g/mol. The van der Waals surface area contributed by atoms with Gasteiger partial charge in [-0.25, -0.2) is 4.39 Å². The standard InChI is InChI=1S/C20H26FN5O2.HI/c1-22-20(24-14-19(27)25-16-8-6-15(21)7-9-16)23-13-17(18-5-4-12-28-18)26-10-2-3-11-26;/h4-9,12,17H,2-3,10-11,13-14H2,1H3,(H,25,27)(H2,22,23,24);1H. The van der Waals surface area contributed by atoms with Gasteiger partial charge in [0.2, 0.25) is 5.91 Å². The number of hydrogen-bond donors (Lipinski definition) is 3. The van der Waals surface area contributed by atoms with Crippen LogP contribution in [0.15, 0.2) is 52.1 Å². The Morgan fingerprint density at radius 2 is 1.93 bits per heavy atom. The maximum absolute atomic E-state index is 12.9. The Kier molecular flexibility index (Phi) is 9.39. The molecule has 1 aliphatic heterocycles. The van der Waals surface area contributed by atoms with Crippen LogP contribution in [-0.4, -0.2) is 50.0 Å². The smallest absolute Gasteiger partial charge is 0.243 e. The van der Waals surface area contributed by atoms with E-state index in [2.05, 4.69) is 25.8 Å². The Morgan fingerprint density at radius 1 is 1.21 bits per heavy atom. The van der Waals surface area contributed by atoms with Crippen molar-refractivity contribution in [2.24, 2.45) is 4.99 Å². The second-order valence-electron chi connectivity index (χ2n) is 6.64. The highest BCUT2D eigenvalue weighted by Gasteiger charge is 2.25. The molecule has 29 heavy (non-hydrogen) atoms. The predicted octanol–water partition coefficient (Wildman–Crippen LogP) is 2.98. The molecule has 1 amide bonds. The summed E-state index contributed by atoms with van der Waals surface area (Å²) in [5.74, 6) is 0.866. The van der Waals surface area contributed by atoms with Crippen LogP contribution in [0, 0.1) is 5.82 Å². The Balaban J connectivity index is 0.00000300. The third-order valence-electron chi connectivity index (χ3n) is 4.68. The molecule has 3 N–H and O–H groups in total. The lowest BCUT2D eigenvalue weighted by Crippen LogP contribution is -2.44. The highest BCUT2D eigenvalue weighted by molar-refractivity contribution is 14.0. The number of halogens is 2. The Hall–Kier alpha value is -2.14. The van der Waals surface area contributed by atoms with Crippen LogP contribution in [0.5, 0.6) is 0 Å². The fourth-order valence-electron chi connectivity index (χ4n) is 3.26. The van der Waals surface area contributed by atoms with Crippen molar-refractivity contribution in [3.63, 3.8) is 0 Å². The maximum atomic E-state index is 12.9. The molecule has 0 bridgehead atoms. The molecule has 0 radical (unpaired) electrons. The van der Waals surface area contributed by atoms with Crippen molar-refractivity contribution < 1.29 is 13.6 Å². The molecular formula is C20H27FIN5O2. The van der Waals surface area contributed by atoms with E-state index in [1.54, 1.807) is 13.3 Å². The molecule has 3 rings (SSSR count). The van der Waals surface area contributed by atoms with Crippen LogP contribution in [0.4, 0.5) is 10.1 Å². The molecule has 158 valence electrons. The van der Waals surface area contributed by atoms with Gasteiger partial charge in [-0.1, -0.05) is 0 Å². The molecule has 1 fully saturated rings. The first-order valence-electron chi connectivity index (χ1n) is 9.43. The first-order valence-corrected chi connectivity index (χ1v) is 9.43. The molecular weight excluding hydrogens is 488 g/mol. The van der Waals surface area contributed by atoms with Gasteiger partial charge < -0.3 is 20.4 Å². The summed E-state index contributed by atoms with van der Waals surface area (Å²) in [6.07, 6.45) is 4.06. The molecule has 1 saturated heterocycles. The van der Waals surface area contributed by atoms with Gasteiger partial charge in [0.05, 0.1) is 18.8 Å². The van der Waals surface area contributed by atoms with Crippen LogP contribution in [-0.2, 0) is 4.79 Å². The van der Waals surface area contributed by atoms with Crippen LogP contribution < -0.4 is 16.0 Å². The number of nitrogens with zero attached hydrogens (tertiary/aromatic N) is 2. The number of hydrogen-bond acceptors (Lipinski definition) is 4. The third-order valence-corrected chi connectivity index (χ3v) is 4.68. The van der Waals surface area contributed by atoms with Gasteiger partial charge in [0, 0.05) is 19.3 Å². The van der Waals surface area contributed by atoms with Gasteiger partial charge in [-0.15, -0.1) is 24.0 Å². The van der Waals surface area contributed by atoms with Gasteiger partial charge >= 0.3 is 0 Å². The molecule has 1 aromatic carbocycles. The van der Waals surface area contributed by atoms with Crippen molar-refractivity contribution in [1.29, 1.82) is 0 Å². The van der Waals surface area contributed by atoms with Crippen LogP contribution in [0.25, 0.3) is 0 Å². The summed E-state index contributed by atoms with van der Waals surface area (Å²) in [4.78, 5) is 18.6. The molecule has 0 saturated carbocycles. The molecule has 2 aromatic rings. The summed E-state index contributed by atoms with van der Waals surface area (Å²) in [6, 6.07) is 9.63. The first-order chi connectivity index (χ1) is 13.7. The number of amides is 1. The number of furan rings is 1. The molecule has 1 aliphatic rings. The van der Waals surface area contributed by atoms with E-state index < -0.39 is 0 Å². The second kappa shape index (κ2) is 11.8. The summed E-state index contributed by atoms with van der Waals surface area (Å²) < 4.78 is 18.5. The molecule has 2 heterocycles. The predicted molar refractivity (Wildman–Crippen MR) is 122 cm³/mol. The van der Waals surface area contributed by atoms with Gasteiger partial charge in [0.25, 0.3) is 0 Å². The largest absolute Gasteiger partial charge is 0.468 e. The van der Waals surface area contributed by atoms with Crippen LogP contribution in [0.2, 0.25) is 0 Å². The Bertz CT molecular complexity index is 777. The van der Waals surface area contributed by atoms with Crippen molar-refractivity contribution >= 4 is 41.5 Å². The van der Waals surface area contributed by atoms with E-state index in [1.165, 1.54) is 37.1 Å². The number of carbonyl (C=O) groups excluding carboxylic acids is 1. The summed E-state index contributed by atoms with van der Waals surface area (Å²) >= 11 is 0. The zero-order valence-electron chi connectivity index (χ0n) is 16.4. The normalized spacial score (nSPS) is 15.4. The number of nitrogens with one attached hydrogen (secondary N) is 3. The number of likely N-dealkylation sites (tertiary alicyclic amines) is 1. The highest BCUT2D eigenvalue weighted by Crippen LogP contribution is 2.24. The SMILES string of the molecule is CN=C(NCC(=O)Nc1ccc(F)cc1)NCC(c1ccco1)N1CCCC1.I. The Labute approximate surface area is 187 Å². The minimum Gasteiger partial charge on any atom is -0.468 e. The van der Waals surface area contributed by atoms with E-state index in [1.807, 2.05) is 12.1 Å². The van der Waals surface area contributed by atoms with Crippen molar-refractivity contribution in [3.8, 4) is 0 Å². The van der Waals surface area contributed by atoms with E-state index in [0.717, 1.165) is 18.8 Å². The van der Waals surface area contributed by atoms with Crippen molar-refractivity contribution in [1.82, 2.24) is 15.5 Å². The van der Waals surface area contributed by atoms with Gasteiger partial charge in [-0.05, 0) is 62.3 Å². The van der Waals surface area contributed by atoms with Gasteiger partial charge in [0.1, 0.15) is 11.6 Å². The zero-order valence-corrected chi connectivity index (χ0v) is 18.7. The molecule has 7 nitrogen and oxygen atoms in total. The van der Waals surface area contributed by atoms with Crippen LogP contribution >= 0.6 is 24.0 Å². The van der Waals surface area contributed by atoms with Crippen molar-refractivity contribution in [2.75, 3.05) is 38.5 Å². The Morgan fingerprint density at radius 3 is 2.55 bits per heavy atom. The fraction of sp³-hybridized carbons (Fsp3) is 0.400. The third kappa shape index (κ3) is 7.00. The van der Waals surface area contributed by atoms with Gasteiger partial charge in [-0.2, -0.15) is 0 Å². The van der Waals surface area contributed by atoms with Crippen LogP contribution in [0.1, 0.15) is 24.6 Å². The number of anilines is 1. The molecule has 1 atom stereocenters.